The Balaban J connectivity index is 1.45. The molecule has 2 heterocycles. The van der Waals surface area contributed by atoms with E-state index in [0.717, 1.165) is 17.0 Å². The molecule has 0 fully saturated rings. The molecule has 0 bridgehead atoms. The number of hydrogen-bond acceptors (Lipinski definition) is 5. The minimum absolute atomic E-state index is 0.0790. The zero-order chi connectivity index (χ0) is 21.1. The van der Waals surface area contributed by atoms with E-state index in [-0.39, 0.29) is 5.41 Å². The largest absolute Gasteiger partial charge is 0.487 e. The van der Waals surface area contributed by atoms with Gasteiger partial charge in [-0.15, -0.1) is 10.2 Å². The van der Waals surface area contributed by atoms with E-state index in [0.29, 0.717) is 18.4 Å². The van der Waals surface area contributed by atoms with Crippen molar-refractivity contribution in [2.75, 3.05) is 0 Å². The lowest BCUT2D eigenvalue weighted by Crippen LogP contribution is -2.18. The second-order valence-corrected chi connectivity index (χ2v) is 7.97. The van der Waals surface area contributed by atoms with Crippen LogP contribution < -0.4 is 4.74 Å². The maximum Gasteiger partial charge on any atom is 0.247 e. The second kappa shape index (κ2) is 8.11. The van der Waals surface area contributed by atoms with Crippen molar-refractivity contribution in [3.63, 3.8) is 0 Å². The summed E-state index contributed by atoms with van der Waals surface area (Å²) in [4.78, 5) is 4.38. The van der Waals surface area contributed by atoms with Crippen LogP contribution in [0.25, 0.3) is 11.5 Å². The molecule has 5 nitrogen and oxygen atoms in total. The van der Waals surface area contributed by atoms with Gasteiger partial charge in [0.05, 0.1) is 5.69 Å². The molecule has 0 aliphatic rings. The Labute approximate surface area is 176 Å². The molecule has 0 radical (unpaired) electrons. The number of aryl methyl sites for hydroxylation is 2. The van der Waals surface area contributed by atoms with Gasteiger partial charge >= 0.3 is 0 Å². The van der Waals surface area contributed by atoms with E-state index in [9.17, 15) is 0 Å². The van der Waals surface area contributed by atoms with E-state index >= 15 is 0 Å². The van der Waals surface area contributed by atoms with Gasteiger partial charge in [0.1, 0.15) is 12.4 Å². The Bertz CT molecular complexity index is 1130. The van der Waals surface area contributed by atoms with Gasteiger partial charge in [-0.3, -0.25) is 4.98 Å². The van der Waals surface area contributed by atoms with E-state index in [1.807, 2.05) is 24.3 Å². The Hall–Kier alpha value is -3.47. The van der Waals surface area contributed by atoms with Crippen LogP contribution in [0.15, 0.2) is 71.3 Å². The number of hydrogen-bond donors (Lipinski definition) is 0. The first-order valence-corrected chi connectivity index (χ1v) is 9.98. The molecule has 4 rings (SSSR count). The average molecular weight is 399 g/mol. The highest BCUT2D eigenvalue weighted by Crippen LogP contribution is 2.32. The van der Waals surface area contributed by atoms with Crippen LogP contribution in [0.4, 0.5) is 0 Å². The van der Waals surface area contributed by atoms with Gasteiger partial charge in [-0.05, 0) is 42.3 Å². The fourth-order valence-corrected chi connectivity index (χ4v) is 3.37. The summed E-state index contributed by atoms with van der Waals surface area (Å²) in [6.07, 6.45) is 1.72. The third-order valence-electron chi connectivity index (χ3n) is 5.33. The zero-order valence-electron chi connectivity index (χ0n) is 17.7. The molecular formula is C25H25N3O2. The van der Waals surface area contributed by atoms with E-state index in [2.05, 4.69) is 72.4 Å². The first-order chi connectivity index (χ1) is 14.4. The Morgan fingerprint density at radius 3 is 2.17 bits per heavy atom. The zero-order valence-corrected chi connectivity index (χ0v) is 17.7. The first-order valence-electron chi connectivity index (χ1n) is 9.98. The third kappa shape index (κ3) is 4.25. The van der Waals surface area contributed by atoms with Gasteiger partial charge in [0.2, 0.25) is 11.8 Å². The Kier molecular flexibility index (Phi) is 5.36. The first kappa shape index (κ1) is 19.8. The fourth-order valence-electron chi connectivity index (χ4n) is 3.37. The van der Waals surface area contributed by atoms with E-state index in [1.165, 1.54) is 16.7 Å². The van der Waals surface area contributed by atoms with Gasteiger partial charge in [-0.2, -0.15) is 0 Å². The number of aromatic nitrogens is 3. The predicted molar refractivity (Wildman–Crippen MR) is 116 cm³/mol. The molecule has 0 unspecified atom stereocenters. The summed E-state index contributed by atoms with van der Waals surface area (Å²) in [5, 5.41) is 7.92. The highest BCUT2D eigenvalue weighted by Gasteiger charge is 2.22. The molecule has 152 valence electrons. The average Bonchev–Trinajstić information content (AvgIpc) is 3.19. The molecular weight excluding hydrogens is 374 g/mol. The van der Waals surface area contributed by atoms with Crippen LogP contribution in [0.5, 0.6) is 5.75 Å². The van der Waals surface area contributed by atoms with Gasteiger partial charge in [0.15, 0.2) is 0 Å². The van der Waals surface area contributed by atoms with Crippen molar-refractivity contribution in [2.45, 2.75) is 39.7 Å². The van der Waals surface area contributed by atoms with Crippen LogP contribution in [-0.2, 0) is 12.0 Å². The van der Waals surface area contributed by atoms with Gasteiger partial charge in [-0.25, -0.2) is 0 Å². The van der Waals surface area contributed by atoms with Gasteiger partial charge < -0.3 is 9.15 Å². The highest BCUT2D eigenvalue weighted by molar-refractivity contribution is 5.52. The lowest BCUT2D eigenvalue weighted by atomic mass is 9.78. The van der Waals surface area contributed by atoms with Crippen LogP contribution in [0.2, 0.25) is 0 Å². The monoisotopic (exact) mass is 399 g/mol. The molecule has 0 N–H and O–H groups in total. The normalized spacial score (nSPS) is 11.5. The molecule has 0 spiro atoms. The Morgan fingerprint density at radius 2 is 1.53 bits per heavy atom. The molecule has 0 aliphatic heterocycles. The van der Waals surface area contributed by atoms with Crippen molar-refractivity contribution in [3.05, 3.63) is 95.1 Å². The Morgan fingerprint density at radius 1 is 0.867 bits per heavy atom. The lowest BCUT2D eigenvalue weighted by molar-refractivity contribution is 0.301. The number of benzene rings is 2. The standard InChI is InChI=1S/C25H25N3O2/c1-17-5-7-20(8-6-17)25(3,4)21-9-11-23(12-10-21)29-16-22-15-19(13-14-26-22)24-28-27-18(2)30-24/h5-15H,16H2,1-4H3. The van der Waals surface area contributed by atoms with Crippen molar-refractivity contribution in [1.29, 1.82) is 0 Å². The highest BCUT2D eigenvalue weighted by atomic mass is 16.5. The maximum absolute atomic E-state index is 5.95. The minimum atomic E-state index is -0.0790. The quantitative estimate of drug-likeness (QED) is 0.419. The number of nitrogens with zero attached hydrogens (tertiary/aromatic N) is 3. The van der Waals surface area contributed by atoms with E-state index in [4.69, 9.17) is 9.15 Å². The van der Waals surface area contributed by atoms with Crippen LogP contribution >= 0.6 is 0 Å². The molecule has 0 saturated carbocycles. The summed E-state index contributed by atoms with van der Waals surface area (Å²) in [6.45, 7) is 8.72. The predicted octanol–water partition coefficient (Wildman–Crippen LogP) is 5.65. The van der Waals surface area contributed by atoms with Gasteiger partial charge in [0.25, 0.3) is 0 Å². The second-order valence-electron chi connectivity index (χ2n) is 7.97. The fraction of sp³-hybridized carbons (Fsp3) is 0.240. The molecule has 0 saturated heterocycles. The smallest absolute Gasteiger partial charge is 0.247 e. The van der Waals surface area contributed by atoms with Crippen LogP contribution in [0.3, 0.4) is 0 Å². The molecule has 4 aromatic rings. The van der Waals surface area contributed by atoms with E-state index in [1.54, 1.807) is 13.1 Å². The van der Waals surface area contributed by atoms with Crippen molar-refractivity contribution in [3.8, 4) is 17.2 Å². The van der Waals surface area contributed by atoms with Crippen LogP contribution in [0.1, 0.15) is 42.1 Å². The number of rotatable bonds is 6. The summed E-state index contributed by atoms with van der Waals surface area (Å²) in [7, 11) is 0. The van der Waals surface area contributed by atoms with Crippen molar-refractivity contribution >= 4 is 0 Å². The topological polar surface area (TPSA) is 61.0 Å². The minimum Gasteiger partial charge on any atom is -0.487 e. The summed E-state index contributed by atoms with van der Waals surface area (Å²) in [5.41, 5.74) is 5.35. The van der Waals surface area contributed by atoms with Crippen molar-refractivity contribution in [2.24, 2.45) is 0 Å². The summed E-state index contributed by atoms with van der Waals surface area (Å²) in [6, 6.07) is 20.7. The molecule has 2 aromatic heterocycles. The maximum atomic E-state index is 5.95. The molecule has 0 amide bonds. The molecule has 30 heavy (non-hydrogen) atoms. The molecule has 0 atom stereocenters. The SMILES string of the molecule is Cc1ccc(C(C)(C)c2ccc(OCc3cc(-c4nnc(C)o4)ccn3)cc2)cc1. The summed E-state index contributed by atoms with van der Waals surface area (Å²) in [5.74, 6) is 1.83. The van der Waals surface area contributed by atoms with Crippen molar-refractivity contribution < 1.29 is 9.15 Å². The van der Waals surface area contributed by atoms with E-state index < -0.39 is 0 Å². The summed E-state index contributed by atoms with van der Waals surface area (Å²) < 4.78 is 11.4. The molecule has 5 heteroatoms. The van der Waals surface area contributed by atoms with Gasteiger partial charge in [-0.1, -0.05) is 55.8 Å². The molecule has 2 aromatic carbocycles. The van der Waals surface area contributed by atoms with Crippen LogP contribution in [0, 0.1) is 13.8 Å². The van der Waals surface area contributed by atoms with Crippen molar-refractivity contribution in [1.82, 2.24) is 15.2 Å². The van der Waals surface area contributed by atoms with Crippen LogP contribution in [-0.4, -0.2) is 15.2 Å². The molecule has 0 aliphatic carbocycles. The number of pyridine rings is 1. The lowest BCUT2D eigenvalue weighted by Gasteiger charge is -2.26. The summed E-state index contributed by atoms with van der Waals surface area (Å²) >= 11 is 0. The third-order valence-corrected chi connectivity index (χ3v) is 5.33. The van der Waals surface area contributed by atoms with Gasteiger partial charge in [0, 0.05) is 24.1 Å². The number of ether oxygens (including phenoxy) is 1.